The average Bonchev–Trinajstić information content (AvgIpc) is 2.94. The van der Waals surface area contributed by atoms with Crippen molar-refractivity contribution in [3.63, 3.8) is 0 Å². The van der Waals surface area contributed by atoms with Crippen molar-refractivity contribution >= 4 is 6.09 Å². The Morgan fingerprint density at radius 3 is 2.46 bits per heavy atom. The van der Waals surface area contributed by atoms with Crippen molar-refractivity contribution in [1.29, 1.82) is 0 Å². The largest absolute Gasteiger partial charge is 0.496 e. The van der Waals surface area contributed by atoms with Crippen LogP contribution in [0.2, 0.25) is 0 Å². The Balaban J connectivity index is 1.15. The van der Waals surface area contributed by atoms with Gasteiger partial charge in [0, 0.05) is 24.4 Å². The molecule has 1 aliphatic heterocycles. The molecule has 0 spiro atoms. The van der Waals surface area contributed by atoms with Gasteiger partial charge < -0.3 is 29.0 Å². The molecule has 0 aromatic heterocycles. The number of ether oxygens (including phenoxy) is 4. The number of aliphatic hydroxyl groups is 1. The number of β-amino-alcohol motifs (C(OH)–C–C–N with tert-alkyl or cyclic N) is 1. The first-order chi connectivity index (χ1) is 18.1. The van der Waals surface area contributed by atoms with Crippen LogP contribution in [-0.2, 0) is 22.7 Å². The summed E-state index contributed by atoms with van der Waals surface area (Å²) in [5.74, 6) is 1.58. The normalized spacial score (nSPS) is 17.3. The van der Waals surface area contributed by atoms with Gasteiger partial charge in [-0.15, -0.1) is 0 Å². The number of amides is 1. The second kappa shape index (κ2) is 13.7. The number of carbonyl (C=O) groups is 1. The highest BCUT2D eigenvalue weighted by atomic mass is 16.6. The molecule has 7 nitrogen and oxygen atoms in total. The molecule has 37 heavy (non-hydrogen) atoms. The van der Waals surface area contributed by atoms with Gasteiger partial charge in [-0.2, -0.15) is 0 Å². The zero-order valence-corrected chi connectivity index (χ0v) is 21.3. The predicted octanol–water partition coefficient (Wildman–Crippen LogP) is 5.17. The van der Waals surface area contributed by atoms with Gasteiger partial charge in [0.15, 0.2) is 0 Å². The van der Waals surface area contributed by atoms with Crippen LogP contribution in [0.15, 0.2) is 78.9 Å². The van der Waals surface area contributed by atoms with Crippen LogP contribution in [0.4, 0.5) is 4.79 Å². The molecular formula is C30H35NO6. The summed E-state index contributed by atoms with van der Waals surface area (Å²) in [6, 6.07) is 25.2. The number of nitrogens with zero attached hydrogens (tertiary/aromatic N) is 1. The van der Waals surface area contributed by atoms with Gasteiger partial charge in [0.1, 0.15) is 18.1 Å². The van der Waals surface area contributed by atoms with E-state index >= 15 is 0 Å². The van der Waals surface area contributed by atoms with E-state index in [1.165, 1.54) is 0 Å². The lowest BCUT2D eigenvalue weighted by atomic mass is 9.87. The van der Waals surface area contributed by atoms with E-state index in [0.717, 1.165) is 34.6 Å². The highest BCUT2D eigenvalue weighted by Crippen LogP contribution is 2.30. The van der Waals surface area contributed by atoms with Crippen LogP contribution < -0.4 is 9.47 Å². The van der Waals surface area contributed by atoms with E-state index in [0.29, 0.717) is 32.8 Å². The number of hydrogen-bond donors (Lipinski definition) is 1. The Morgan fingerprint density at radius 1 is 0.946 bits per heavy atom. The summed E-state index contributed by atoms with van der Waals surface area (Å²) in [5, 5.41) is 10.7. The molecule has 1 amide bonds. The maximum Gasteiger partial charge on any atom is 0.410 e. The van der Waals surface area contributed by atoms with Crippen LogP contribution in [-0.4, -0.2) is 55.6 Å². The lowest BCUT2D eigenvalue weighted by Crippen LogP contribution is -2.45. The zero-order chi connectivity index (χ0) is 25.9. The van der Waals surface area contributed by atoms with Gasteiger partial charge in [0.05, 0.1) is 39.6 Å². The first-order valence-electron chi connectivity index (χ1n) is 12.7. The predicted molar refractivity (Wildman–Crippen MR) is 141 cm³/mol. The second-order valence-electron chi connectivity index (χ2n) is 9.08. The quantitative estimate of drug-likeness (QED) is 0.363. The summed E-state index contributed by atoms with van der Waals surface area (Å²) in [4.78, 5) is 14.0. The number of hydrogen-bond acceptors (Lipinski definition) is 6. The maximum absolute atomic E-state index is 12.4. The fraction of sp³-hybridized carbons (Fsp3) is 0.367. The molecule has 2 unspecified atom stereocenters. The van der Waals surface area contributed by atoms with E-state index in [4.69, 9.17) is 18.9 Å². The molecule has 7 heteroatoms. The Bertz CT molecular complexity index is 1100. The minimum Gasteiger partial charge on any atom is -0.496 e. The Labute approximate surface area is 218 Å². The summed E-state index contributed by atoms with van der Waals surface area (Å²) in [6.45, 7) is 2.68. The highest BCUT2D eigenvalue weighted by molar-refractivity contribution is 5.68. The van der Waals surface area contributed by atoms with Crippen molar-refractivity contribution in [2.45, 2.75) is 38.1 Å². The first kappa shape index (κ1) is 26.5. The van der Waals surface area contributed by atoms with Gasteiger partial charge in [-0.25, -0.2) is 4.79 Å². The van der Waals surface area contributed by atoms with Gasteiger partial charge >= 0.3 is 6.09 Å². The highest BCUT2D eigenvalue weighted by Gasteiger charge is 2.31. The molecule has 3 aromatic rings. The SMILES string of the molecule is COc1ccccc1COCCCOc1ccc(C2CCN(C(=O)OCc3ccccc3)CC2O)cc1. The van der Waals surface area contributed by atoms with Gasteiger partial charge in [-0.3, -0.25) is 0 Å². The minimum absolute atomic E-state index is 0.0319. The van der Waals surface area contributed by atoms with E-state index in [2.05, 4.69) is 0 Å². The molecule has 0 bridgehead atoms. The molecule has 1 heterocycles. The van der Waals surface area contributed by atoms with Gasteiger partial charge in [0.25, 0.3) is 0 Å². The van der Waals surface area contributed by atoms with Crippen LogP contribution in [0.5, 0.6) is 11.5 Å². The standard InChI is InChI=1S/C30H35NO6/c1-34-29-11-6-5-10-25(29)22-35-18-7-19-36-26-14-12-24(13-15-26)27-16-17-31(20-28(27)32)30(33)37-21-23-8-3-2-4-9-23/h2-6,8-15,27-28,32H,7,16-22H2,1H3. The van der Waals surface area contributed by atoms with Crippen molar-refractivity contribution < 1.29 is 28.8 Å². The number of piperidine rings is 1. The number of para-hydroxylation sites is 1. The second-order valence-corrected chi connectivity index (χ2v) is 9.08. The van der Waals surface area contributed by atoms with E-state index < -0.39 is 12.2 Å². The zero-order valence-electron chi connectivity index (χ0n) is 21.3. The molecule has 1 saturated heterocycles. The summed E-state index contributed by atoms with van der Waals surface area (Å²) in [7, 11) is 1.66. The van der Waals surface area contributed by atoms with Gasteiger partial charge in [0.2, 0.25) is 0 Å². The van der Waals surface area contributed by atoms with Crippen molar-refractivity contribution in [1.82, 2.24) is 4.90 Å². The van der Waals surface area contributed by atoms with Crippen LogP contribution in [0.25, 0.3) is 0 Å². The molecular weight excluding hydrogens is 470 g/mol. The van der Waals surface area contributed by atoms with Gasteiger partial charge in [-0.05, 0) is 35.7 Å². The fourth-order valence-electron chi connectivity index (χ4n) is 4.46. The fourth-order valence-corrected chi connectivity index (χ4v) is 4.46. The number of aliphatic hydroxyl groups excluding tert-OH is 1. The number of benzene rings is 3. The molecule has 1 N–H and O–H groups in total. The monoisotopic (exact) mass is 505 g/mol. The molecule has 0 saturated carbocycles. The van der Waals surface area contributed by atoms with Crippen molar-refractivity contribution in [3.8, 4) is 11.5 Å². The van der Waals surface area contributed by atoms with Crippen molar-refractivity contribution in [2.75, 3.05) is 33.4 Å². The van der Waals surface area contributed by atoms with Crippen LogP contribution in [0, 0.1) is 0 Å². The van der Waals surface area contributed by atoms with E-state index in [9.17, 15) is 9.90 Å². The minimum atomic E-state index is -0.648. The first-order valence-corrected chi connectivity index (χ1v) is 12.7. The number of methoxy groups -OCH3 is 1. The molecule has 1 fully saturated rings. The number of carbonyl (C=O) groups excluding carboxylic acids is 1. The Hall–Kier alpha value is -3.55. The van der Waals surface area contributed by atoms with E-state index in [1.54, 1.807) is 12.0 Å². The summed E-state index contributed by atoms with van der Waals surface area (Å²) < 4.78 is 22.3. The smallest absolute Gasteiger partial charge is 0.410 e. The Kier molecular flexibility index (Phi) is 9.80. The molecule has 0 aliphatic carbocycles. The van der Waals surface area contributed by atoms with Crippen LogP contribution in [0.3, 0.4) is 0 Å². The van der Waals surface area contributed by atoms with Crippen LogP contribution >= 0.6 is 0 Å². The molecule has 3 aromatic carbocycles. The molecule has 1 aliphatic rings. The Morgan fingerprint density at radius 2 is 1.70 bits per heavy atom. The third-order valence-electron chi connectivity index (χ3n) is 6.51. The lowest BCUT2D eigenvalue weighted by Gasteiger charge is -2.35. The summed E-state index contributed by atoms with van der Waals surface area (Å²) in [5.41, 5.74) is 3.00. The molecule has 4 rings (SSSR count). The maximum atomic E-state index is 12.4. The third-order valence-corrected chi connectivity index (χ3v) is 6.51. The van der Waals surface area contributed by atoms with E-state index in [1.807, 2.05) is 78.9 Å². The summed E-state index contributed by atoms with van der Waals surface area (Å²) in [6.07, 6.45) is 0.405. The van der Waals surface area contributed by atoms with Crippen molar-refractivity contribution in [3.05, 3.63) is 95.6 Å². The van der Waals surface area contributed by atoms with Gasteiger partial charge in [-0.1, -0.05) is 60.7 Å². The summed E-state index contributed by atoms with van der Waals surface area (Å²) >= 11 is 0. The van der Waals surface area contributed by atoms with Crippen molar-refractivity contribution in [2.24, 2.45) is 0 Å². The molecule has 2 atom stereocenters. The van der Waals surface area contributed by atoms with Crippen LogP contribution in [0.1, 0.15) is 35.4 Å². The third kappa shape index (κ3) is 7.71. The lowest BCUT2D eigenvalue weighted by molar-refractivity contribution is 0.0344. The van der Waals surface area contributed by atoms with E-state index in [-0.39, 0.29) is 19.1 Å². The molecule has 196 valence electrons. The molecule has 0 radical (unpaired) electrons. The average molecular weight is 506 g/mol. The number of likely N-dealkylation sites (tertiary alicyclic amines) is 1. The topological polar surface area (TPSA) is 77.5 Å². The number of rotatable bonds is 11.